The summed E-state index contributed by atoms with van der Waals surface area (Å²) >= 11 is 0. The van der Waals surface area contributed by atoms with E-state index in [1.807, 2.05) is 24.3 Å². The maximum atomic E-state index is 11.2. The Hall–Kier alpha value is -2.35. The van der Waals surface area contributed by atoms with E-state index in [-0.39, 0.29) is 5.91 Å². The summed E-state index contributed by atoms with van der Waals surface area (Å²) in [5, 5.41) is 2.73. The van der Waals surface area contributed by atoms with Crippen LogP contribution < -0.4 is 5.32 Å². The summed E-state index contributed by atoms with van der Waals surface area (Å²) < 4.78 is 0. The molecule has 0 unspecified atom stereocenters. The van der Waals surface area contributed by atoms with Crippen LogP contribution in [-0.4, -0.2) is 5.91 Å². The number of rotatable bonds is 4. The highest BCUT2D eigenvalue weighted by atomic mass is 16.1. The van der Waals surface area contributed by atoms with E-state index in [4.69, 9.17) is 0 Å². The summed E-state index contributed by atoms with van der Waals surface area (Å²) in [6.45, 7) is 5.57. The Morgan fingerprint density at radius 2 is 1.58 bits per heavy atom. The van der Waals surface area contributed by atoms with E-state index in [0.29, 0.717) is 0 Å². The fourth-order valence-electron chi connectivity index (χ4n) is 1.87. The lowest BCUT2D eigenvalue weighted by Gasteiger charge is -2.06. The number of aryl methyl sites for hydroxylation is 1. The summed E-state index contributed by atoms with van der Waals surface area (Å²) in [5.74, 6) is -0.194. The maximum absolute atomic E-state index is 11.2. The lowest BCUT2D eigenvalue weighted by Crippen LogP contribution is -2.06. The van der Waals surface area contributed by atoms with Gasteiger partial charge >= 0.3 is 0 Å². The number of hydrogen-bond donors (Lipinski definition) is 1. The Morgan fingerprint density at radius 1 is 1.05 bits per heavy atom. The zero-order valence-electron chi connectivity index (χ0n) is 11.0. The topological polar surface area (TPSA) is 29.1 Å². The molecule has 0 spiro atoms. The van der Waals surface area contributed by atoms with Crippen molar-refractivity contribution >= 4 is 11.6 Å². The monoisotopic (exact) mass is 251 g/mol. The molecule has 0 bridgehead atoms. The Labute approximate surface area is 113 Å². The van der Waals surface area contributed by atoms with Gasteiger partial charge in [-0.05, 0) is 41.3 Å². The van der Waals surface area contributed by atoms with E-state index in [1.54, 1.807) is 0 Å². The molecule has 2 heteroatoms. The van der Waals surface area contributed by atoms with E-state index >= 15 is 0 Å². The summed E-state index contributed by atoms with van der Waals surface area (Å²) in [7, 11) is 0. The van der Waals surface area contributed by atoms with Gasteiger partial charge in [-0.15, -0.1) is 0 Å². The molecule has 0 radical (unpaired) electrons. The van der Waals surface area contributed by atoms with E-state index in [0.717, 1.165) is 17.7 Å². The molecule has 19 heavy (non-hydrogen) atoms. The molecule has 0 atom stereocenters. The second-order valence-corrected chi connectivity index (χ2v) is 4.32. The van der Waals surface area contributed by atoms with Gasteiger partial charge in [0.2, 0.25) is 5.91 Å². The van der Waals surface area contributed by atoms with Gasteiger partial charge in [0.25, 0.3) is 0 Å². The van der Waals surface area contributed by atoms with Crippen LogP contribution in [0.25, 0.3) is 11.1 Å². The molecule has 1 amide bonds. The van der Waals surface area contributed by atoms with Crippen LogP contribution in [0.2, 0.25) is 0 Å². The SMILES string of the molecule is C=CC(=O)Nc1ccc(-c2ccc(CC)cc2)cc1. The highest BCUT2D eigenvalue weighted by Crippen LogP contribution is 2.22. The molecule has 0 aliphatic carbocycles. The number of carbonyl (C=O) groups excluding carboxylic acids is 1. The number of nitrogens with one attached hydrogen (secondary N) is 1. The Morgan fingerprint density at radius 3 is 2.05 bits per heavy atom. The van der Waals surface area contributed by atoms with Crippen molar-refractivity contribution in [3.05, 3.63) is 66.7 Å². The van der Waals surface area contributed by atoms with Gasteiger partial charge in [-0.3, -0.25) is 4.79 Å². The van der Waals surface area contributed by atoms with Crippen molar-refractivity contribution in [2.75, 3.05) is 5.32 Å². The van der Waals surface area contributed by atoms with Crippen LogP contribution in [0.5, 0.6) is 0 Å². The third-order valence-corrected chi connectivity index (χ3v) is 3.03. The van der Waals surface area contributed by atoms with Crippen LogP contribution in [-0.2, 0) is 11.2 Å². The molecule has 0 fully saturated rings. The molecular weight excluding hydrogens is 234 g/mol. The Kier molecular flexibility index (Phi) is 4.14. The molecule has 96 valence electrons. The smallest absolute Gasteiger partial charge is 0.247 e. The summed E-state index contributed by atoms with van der Waals surface area (Å²) in [6, 6.07) is 16.3. The average molecular weight is 251 g/mol. The Bertz CT molecular complexity index is 567. The minimum absolute atomic E-state index is 0.194. The van der Waals surface area contributed by atoms with Crippen LogP contribution in [0.4, 0.5) is 5.69 Å². The molecule has 2 rings (SSSR count). The lowest BCUT2D eigenvalue weighted by atomic mass is 10.0. The van der Waals surface area contributed by atoms with Crippen molar-refractivity contribution in [3.8, 4) is 11.1 Å². The standard InChI is InChI=1S/C17H17NO/c1-3-13-5-7-14(8-6-13)15-9-11-16(12-10-15)18-17(19)4-2/h4-12H,2-3H2,1H3,(H,18,19). The van der Waals surface area contributed by atoms with Gasteiger partial charge in [-0.25, -0.2) is 0 Å². The molecule has 0 saturated heterocycles. The average Bonchev–Trinajstić information content (AvgIpc) is 2.48. The van der Waals surface area contributed by atoms with Crippen molar-refractivity contribution in [1.82, 2.24) is 0 Å². The number of anilines is 1. The molecule has 2 aromatic carbocycles. The number of amides is 1. The molecule has 2 aromatic rings. The third kappa shape index (κ3) is 3.32. The zero-order valence-corrected chi connectivity index (χ0v) is 11.0. The largest absolute Gasteiger partial charge is 0.323 e. The van der Waals surface area contributed by atoms with Crippen LogP contribution in [0.1, 0.15) is 12.5 Å². The molecule has 2 nitrogen and oxygen atoms in total. The van der Waals surface area contributed by atoms with E-state index < -0.39 is 0 Å². The highest BCUT2D eigenvalue weighted by Gasteiger charge is 2.00. The third-order valence-electron chi connectivity index (χ3n) is 3.03. The van der Waals surface area contributed by atoms with Crippen molar-refractivity contribution in [1.29, 1.82) is 0 Å². The van der Waals surface area contributed by atoms with Crippen LogP contribution in [0, 0.1) is 0 Å². The first kappa shape index (κ1) is 13.1. The predicted octanol–water partition coefficient (Wildman–Crippen LogP) is 4.04. The highest BCUT2D eigenvalue weighted by molar-refractivity contribution is 5.98. The molecule has 1 N–H and O–H groups in total. The minimum atomic E-state index is -0.194. The fraction of sp³-hybridized carbons (Fsp3) is 0.118. The van der Waals surface area contributed by atoms with Crippen LogP contribution >= 0.6 is 0 Å². The number of carbonyl (C=O) groups is 1. The Balaban J connectivity index is 2.17. The predicted molar refractivity (Wildman–Crippen MR) is 80.1 cm³/mol. The molecule has 0 aliphatic rings. The van der Waals surface area contributed by atoms with Gasteiger partial charge in [0, 0.05) is 5.69 Å². The fourth-order valence-corrected chi connectivity index (χ4v) is 1.87. The van der Waals surface area contributed by atoms with Crippen molar-refractivity contribution in [3.63, 3.8) is 0 Å². The van der Waals surface area contributed by atoms with Gasteiger partial charge in [-0.1, -0.05) is 49.9 Å². The first-order valence-corrected chi connectivity index (χ1v) is 6.35. The second kappa shape index (κ2) is 6.01. The first-order chi connectivity index (χ1) is 9.22. The van der Waals surface area contributed by atoms with E-state index in [9.17, 15) is 4.79 Å². The lowest BCUT2D eigenvalue weighted by molar-refractivity contribution is -0.111. The van der Waals surface area contributed by atoms with Gasteiger partial charge in [0.1, 0.15) is 0 Å². The number of hydrogen-bond acceptors (Lipinski definition) is 1. The van der Waals surface area contributed by atoms with Gasteiger partial charge in [0.05, 0.1) is 0 Å². The van der Waals surface area contributed by atoms with Crippen LogP contribution in [0.15, 0.2) is 61.2 Å². The van der Waals surface area contributed by atoms with Crippen molar-refractivity contribution in [2.45, 2.75) is 13.3 Å². The molecule has 0 aliphatic heterocycles. The number of benzene rings is 2. The molecular formula is C17H17NO. The zero-order chi connectivity index (χ0) is 13.7. The van der Waals surface area contributed by atoms with Crippen molar-refractivity contribution in [2.24, 2.45) is 0 Å². The second-order valence-electron chi connectivity index (χ2n) is 4.32. The molecule has 0 aromatic heterocycles. The van der Waals surface area contributed by atoms with Gasteiger partial charge in [-0.2, -0.15) is 0 Å². The summed E-state index contributed by atoms with van der Waals surface area (Å²) in [4.78, 5) is 11.2. The molecule has 0 saturated carbocycles. The first-order valence-electron chi connectivity index (χ1n) is 6.35. The summed E-state index contributed by atoms with van der Waals surface area (Å²) in [5.41, 5.74) is 4.43. The summed E-state index contributed by atoms with van der Waals surface area (Å²) in [6.07, 6.45) is 2.31. The maximum Gasteiger partial charge on any atom is 0.247 e. The minimum Gasteiger partial charge on any atom is -0.323 e. The van der Waals surface area contributed by atoms with Gasteiger partial charge < -0.3 is 5.32 Å². The van der Waals surface area contributed by atoms with Gasteiger partial charge in [0.15, 0.2) is 0 Å². The molecule has 0 heterocycles. The van der Waals surface area contributed by atoms with E-state index in [2.05, 4.69) is 43.1 Å². The normalized spacial score (nSPS) is 9.95. The van der Waals surface area contributed by atoms with Crippen LogP contribution in [0.3, 0.4) is 0 Å². The van der Waals surface area contributed by atoms with Crippen molar-refractivity contribution < 1.29 is 4.79 Å². The quantitative estimate of drug-likeness (QED) is 0.816. The van der Waals surface area contributed by atoms with E-state index in [1.165, 1.54) is 17.2 Å².